The first-order valence-corrected chi connectivity index (χ1v) is 8.59. The molecule has 0 fully saturated rings. The van der Waals surface area contributed by atoms with Crippen molar-refractivity contribution in [3.63, 3.8) is 0 Å². The van der Waals surface area contributed by atoms with Gasteiger partial charge in [0.15, 0.2) is 11.5 Å². The fraction of sp³-hybridized carbons (Fsp3) is 0.150. The van der Waals surface area contributed by atoms with Gasteiger partial charge in [-0.25, -0.2) is 0 Å². The number of benzene rings is 1. The smallest absolute Gasteiger partial charge is 0.253 e. The molecule has 1 aromatic carbocycles. The molecule has 27 heavy (non-hydrogen) atoms. The maximum absolute atomic E-state index is 12.2. The van der Waals surface area contributed by atoms with Crippen molar-refractivity contribution in [1.82, 2.24) is 30.1 Å². The van der Waals surface area contributed by atoms with Gasteiger partial charge in [-0.1, -0.05) is 12.1 Å². The lowest BCUT2D eigenvalue weighted by molar-refractivity contribution is 0.0949. The highest BCUT2D eigenvalue weighted by atomic mass is 16.1. The van der Waals surface area contributed by atoms with Crippen LogP contribution in [0.2, 0.25) is 0 Å². The molecule has 0 saturated carbocycles. The number of aryl methyl sites for hydroxylation is 2. The number of hydrogen-bond donors (Lipinski definition) is 1. The third-order valence-electron chi connectivity index (χ3n) is 4.46. The lowest BCUT2D eigenvalue weighted by Crippen LogP contribution is -2.24. The molecule has 0 aliphatic rings. The molecule has 4 rings (SSSR count). The van der Waals surface area contributed by atoms with Crippen molar-refractivity contribution in [1.29, 1.82) is 0 Å². The molecule has 0 unspecified atom stereocenters. The molecular formula is C20H18N6O. The Balaban J connectivity index is 1.60. The Morgan fingerprint density at radius 3 is 2.74 bits per heavy atom. The molecule has 0 aliphatic carbocycles. The summed E-state index contributed by atoms with van der Waals surface area (Å²) in [7, 11) is 0. The Morgan fingerprint density at radius 1 is 1.07 bits per heavy atom. The van der Waals surface area contributed by atoms with E-state index in [1.165, 1.54) is 17.3 Å². The summed E-state index contributed by atoms with van der Waals surface area (Å²) in [5, 5.41) is 15.8. The Labute approximate surface area is 156 Å². The van der Waals surface area contributed by atoms with Gasteiger partial charge in [0.1, 0.15) is 0 Å². The summed E-state index contributed by atoms with van der Waals surface area (Å²) in [6.45, 7) is 4.38. The van der Waals surface area contributed by atoms with Gasteiger partial charge in [0.2, 0.25) is 0 Å². The number of hydrogen-bond acceptors (Lipinski definition) is 5. The number of fused-ring (bicyclic) bond motifs is 1. The predicted octanol–water partition coefficient (Wildman–Crippen LogP) is 2.73. The molecule has 4 aromatic rings. The standard InChI is InChI=1S/C20H18N6O/c1-13-5-6-15(10-14(13)2)17-7-8-18-23-24-19(26(18)25-17)12-22-20(27)16-4-3-9-21-11-16/h3-11H,12H2,1-2H3,(H,22,27). The number of rotatable bonds is 4. The van der Waals surface area contributed by atoms with E-state index in [2.05, 4.69) is 51.6 Å². The summed E-state index contributed by atoms with van der Waals surface area (Å²) in [6.07, 6.45) is 3.15. The monoisotopic (exact) mass is 358 g/mol. The van der Waals surface area contributed by atoms with Crippen LogP contribution in [0.1, 0.15) is 27.3 Å². The van der Waals surface area contributed by atoms with E-state index in [1.807, 2.05) is 18.2 Å². The van der Waals surface area contributed by atoms with E-state index >= 15 is 0 Å². The van der Waals surface area contributed by atoms with Crippen molar-refractivity contribution >= 4 is 11.6 Å². The fourth-order valence-corrected chi connectivity index (χ4v) is 2.76. The van der Waals surface area contributed by atoms with Gasteiger partial charge in [-0.2, -0.15) is 9.61 Å². The maximum atomic E-state index is 12.2. The average Bonchev–Trinajstić information content (AvgIpc) is 3.11. The summed E-state index contributed by atoms with van der Waals surface area (Å²) in [5.74, 6) is 0.345. The lowest BCUT2D eigenvalue weighted by Gasteiger charge is -2.07. The van der Waals surface area contributed by atoms with Crippen molar-refractivity contribution in [3.05, 3.63) is 77.4 Å². The first-order chi connectivity index (χ1) is 13.1. The van der Waals surface area contributed by atoms with Gasteiger partial charge >= 0.3 is 0 Å². The van der Waals surface area contributed by atoms with Crippen LogP contribution in [-0.2, 0) is 6.54 Å². The Bertz CT molecular complexity index is 1120. The van der Waals surface area contributed by atoms with Crippen molar-refractivity contribution < 1.29 is 4.79 Å². The predicted molar refractivity (Wildman–Crippen MR) is 101 cm³/mol. The van der Waals surface area contributed by atoms with E-state index in [4.69, 9.17) is 0 Å². The summed E-state index contributed by atoms with van der Waals surface area (Å²) in [6, 6.07) is 13.5. The van der Waals surface area contributed by atoms with Gasteiger partial charge in [-0.3, -0.25) is 9.78 Å². The van der Waals surface area contributed by atoms with E-state index in [0.29, 0.717) is 17.0 Å². The summed E-state index contributed by atoms with van der Waals surface area (Å²) in [4.78, 5) is 16.2. The zero-order valence-electron chi connectivity index (χ0n) is 15.0. The highest BCUT2D eigenvalue weighted by molar-refractivity contribution is 5.93. The van der Waals surface area contributed by atoms with Crippen LogP contribution in [0, 0.1) is 13.8 Å². The second-order valence-corrected chi connectivity index (χ2v) is 6.33. The molecule has 0 atom stereocenters. The van der Waals surface area contributed by atoms with Crippen LogP contribution in [0.25, 0.3) is 16.9 Å². The molecule has 7 heteroatoms. The second kappa shape index (κ2) is 6.95. The summed E-state index contributed by atoms with van der Waals surface area (Å²) in [5.41, 5.74) is 5.43. The van der Waals surface area contributed by atoms with Crippen LogP contribution in [-0.4, -0.2) is 30.7 Å². The van der Waals surface area contributed by atoms with Gasteiger partial charge in [0.25, 0.3) is 5.91 Å². The largest absolute Gasteiger partial charge is 0.345 e. The molecular weight excluding hydrogens is 340 g/mol. The van der Waals surface area contributed by atoms with Crippen LogP contribution in [0.15, 0.2) is 54.9 Å². The lowest BCUT2D eigenvalue weighted by atomic mass is 10.0. The SMILES string of the molecule is Cc1ccc(-c2ccc3nnc(CNC(=O)c4cccnc4)n3n2)cc1C. The second-order valence-electron chi connectivity index (χ2n) is 6.33. The minimum atomic E-state index is -0.217. The minimum Gasteiger partial charge on any atom is -0.345 e. The Hall–Kier alpha value is -3.61. The number of aromatic nitrogens is 5. The highest BCUT2D eigenvalue weighted by Crippen LogP contribution is 2.20. The molecule has 1 amide bonds. The van der Waals surface area contributed by atoms with Crippen LogP contribution in [0.3, 0.4) is 0 Å². The first-order valence-electron chi connectivity index (χ1n) is 8.59. The highest BCUT2D eigenvalue weighted by Gasteiger charge is 2.11. The Kier molecular flexibility index (Phi) is 4.33. The molecule has 134 valence electrons. The zero-order chi connectivity index (χ0) is 18.8. The van der Waals surface area contributed by atoms with Gasteiger partial charge in [-0.15, -0.1) is 10.2 Å². The average molecular weight is 358 g/mol. The molecule has 0 saturated heterocycles. The molecule has 0 aliphatic heterocycles. The van der Waals surface area contributed by atoms with Crippen LogP contribution in [0.5, 0.6) is 0 Å². The van der Waals surface area contributed by atoms with Crippen molar-refractivity contribution in [2.45, 2.75) is 20.4 Å². The number of pyridine rings is 1. The third kappa shape index (κ3) is 3.39. The number of nitrogens with one attached hydrogen (secondary N) is 1. The van der Waals surface area contributed by atoms with E-state index in [-0.39, 0.29) is 12.5 Å². The van der Waals surface area contributed by atoms with E-state index in [0.717, 1.165) is 11.3 Å². The van der Waals surface area contributed by atoms with E-state index in [1.54, 1.807) is 22.8 Å². The maximum Gasteiger partial charge on any atom is 0.253 e. The number of nitrogens with zero attached hydrogens (tertiary/aromatic N) is 5. The van der Waals surface area contributed by atoms with Crippen LogP contribution < -0.4 is 5.32 Å². The van der Waals surface area contributed by atoms with Gasteiger partial charge in [-0.05, 0) is 55.3 Å². The fourth-order valence-electron chi connectivity index (χ4n) is 2.76. The molecule has 3 heterocycles. The summed E-state index contributed by atoms with van der Waals surface area (Å²) >= 11 is 0. The molecule has 0 bridgehead atoms. The molecule has 1 N–H and O–H groups in total. The van der Waals surface area contributed by atoms with Crippen LogP contribution in [0.4, 0.5) is 0 Å². The molecule has 3 aromatic heterocycles. The third-order valence-corrected chi connectivity index (χ3v) is 4.46. The summed E-state index contributed by atoms with van der Waals surface area (Å²) < 4.78 is 1.66. The Morgan fingerprint density at radius 2 is 1.96 bits per heavy atom. The van der Waals surface area contributed by atoms with Gasteiger partial charge in [0.05, 0.1) is 17.8 Å². The molecule has 7 nitrogen and oxygen atoms in total. The topological polar surface area (TPSA) is 85.1 Å². The van der Waals surface area contributed by atoms with Crippen LogP contribution >= 0.6 is 0 Å². The zero-order valence-corrected chi connectivity index (χ0v) is 15.0. The van der Waals surface area contributed by atoms with Crippen molar-refractivity contribution in [2.24, 2.45) is 0 Å². The van der Waals surface area contributed by atoms with Crippen molar-refractivity contribution in [2.75, 3.05) is 0 Å². The molecule has 0 spiro atoms. The number of carbonyl (C=O) groups excluding carboxylic acids is 1. The van der Waals surface area contributed by atoms with Gasteiger partial charge in [0, 0.05) is 18.0 Å². The quantitative estimate of drug-likeness (QED) is 0.606. The van der Waals surface area contributed by atoms with E-state index in [9.17, 15) is 4.79 Å². The number of carbonyl (C=O) groups is 1. The minimum absolute atomic E-state index is 0.217. The van der Waals surface area contributed by atoms with E-state index < -0.39 is 0 Å². The van der Waals surface area contributed by atoms with Gasteiger partial charge < -0.3 is 5.32 Å². The molecule has 0 radical (unpaired) electrons. The normalized spacial score (nSPS) is 10.9. The van der Waals surface area contributed by atoms with Crippen molar-refractivity contribution in [3.8, 4) is 11.3 Å². The first kappa shape index (κ1) is 16.8. The number of amides is 1.